The number of aromatic nitrogens is 4. The molecule has 252 valence electrons. The predicted molar refractivity (Wildman–Crippen MR) is 223 cm³/mol. The maximum Gasteiger partial charge on any atom is 0.161 e. The van der Waals surface area contributed by atoms with Crippen LogP contribution in [0.5, 0.6) is 0 Å². The Labute approximate surface area is 313 Å². The van der Waals surface area contributed by atoms with E-state index in [0.29, 0.717) is 11.6 Å². The second-order valence-corrected chi connectivity index (χ2v) is 13.4. The first-order chi connectivity index (χ1) is 26.8. The van der Waals surface area contributed by atoms with Gasteiger partial charge in [0.05, 0.1) is 22.6 Å². The third kappa shape index (κ3) is 5.67. The third-order valence-electron chi connectivity index (χ3n) is 10.1. The zero-order valence-electron chi connectivity index (χ0n) is 29.3. The molecule has 0 unspecified atom stereocenters. The molecule has 0 fully saturated rings. The van der Waals surface area contributed by atoms with Crippen molar-refractivity contribution in [3.63, 3.8) is 0 Å². The summed E-state index contributed by atoms with van der Waals surface area (Å²) in [6.45, 7) is 0. The fourth-order valence-electron chi connectivity index (χ4n) is 7.44. The van der Waals surface area contributed by atoms with E-state index < -0.39 is 0 Å². The Morgan fingerprint density at radius 2 is 0.796 bits per heavy atom. The Kier molecular flexibility index (Phi) is 7.77. The van der Waals surface area contributed by atoms with Crippen molar-refractivity contribution in [3.05, 3.63) is 194 Å². The van der Waals surface area contributed by atoms with Crippen molar-refractivity contribution < 1.29 is 0 Å². The van der Waals surface area contributed by atoms with E-state index in [2.05, 4.69) is 133 Å². The molecule has 0 atom stereocenters. The molecule has 0 N–H and O–H groups in total. The van der Waals surface area contributed by atoms with E-state index in [9.17, 15) is 0 Å². The Balaban J connectivity index is 1.17. The molecule has 54 heavy (non-hydrogen) atoms. The summed E-state index contributed by atoms with van der Waals surface area (Å²) in [6.07, 6.45) is 0. The number of benzene rings is 8. The molecule has 2 aromatic heterocycles. The van der Waals surface area contributed by atoms with Gasteiger partial charge in [-0.1, -0.05) is 170 Å². The zero-order valence-corrected chi connectivity index (χ0v) is 29.3. The monoisotopic (exact) mass is 688 g/mol. The van der Waals surface area contributed by atoms with Crippen LogP contribution in [0.1, 0.15) is 0 Å². The highest BCUT2D eigenvalue weighted by atomic mass is 14.9. The molecule has 0 spiro atoms. The predicted octanol–water partition coefficient (Wildman–Crippen LogP) is 12.7. The Morgan fingerprint density at radius 1 is 0.278 bits per heavy atom. The van der Waals surface area contributed by atoms with Gasteiger partial charge in [-0.05, 0) is 51.6 Å². The number of fused-ring (bicyclic) bond motifs is 4. The van der Waals surface area contributed by atoms with E-state index in [4.69, 9.17) is 19.9 Å². The third-order valence-corrected chi connectivity index (χ3v) is 10.1. The van der Waals surface area contributed by atoms with Crippen LogP contribution in [0.25, 0.3) is 100 Å². The first kappa shape index (κ1) is 31.4. The van der Waals surface area contributed by atoms with Gasteiger partial charge in [0.15, 0.2) is 11.6 Å². The normalized spacial score (nSPS) is 11.3. The van der Waals surface area contributed by atoms with Crippen LogP contribution in [0.4, 0.5) is 0 Å². The first-order valence-corrected chi connectivity index (χ1v) is 18.1. The molecule has 0 saturated carbocycles. The topological polar surface area (TPSA) is 51.6 Å². The number of nitrogens with zero attached hydrogens (tertiary/aromatic N) is 4. The first-order valence-electron chi connectivity index (χ1n) is 18.1. The van der Waals surface area contributed by atoms with E-state index in [-0.39, 0.29) is 0 Å². The van der Waals surface area contributed by atoms with Gasteiger partial charge in [0.1, 0.15) is 0 Å². The summed E-state index contributed by atoms with van der Waals surface area (Å²) in [5.74, 6) is 1.41. The van der Waals surface area contributed by atoms with Crippen LogP contribution in [0.15, 0.2) is 194 Å². The molecule has 0 saturated heterocycles. The Hall–Kier alpha value is -7.30. The molecular weight excluding hydrogens is 657 g/mol. The number of rotatable bonds is 6. The van der Waals surface area contributed by atoms with Crippen molar-refractivity contribution in [1.82, 2.24) is 19.9 Å². The van der Waals surface area contributed by atoms with Gasteiger partial charge in [0.2, 0.25) is 0 Å². The fourth-order valence-corrected chi connectivity index (χ4v) is 7.44. The maximum atomic E-state index is 5.25. The minimum Gasteiger partial charge on any atom is -0.228 e. The van der Waals surface area contributed by atoms with Crippen LogP contribution < -0.4 is 0 Å². The highest BCUT2D eigenvalue weighted by molar-refractivity contribution is 6.12. The Morgan fingerprint density at radius 3 is 1.43 bits per heavy atom. The van der Waals surface area contributed by atoms with Crippen molar-refractivity contribution in [2.45, 2.75) is 0 Å². The van der Waals surface area contributed by atoms with E-state index in [1.807, 2.05) is 60.7 Å². The van der Waals surface area contributed by atoms with Crippen molar-refractivity contribution in [2.75, 3.05) is 0 Å². The largest absolute Gasteiger partial charge is 0.228 e. The molecule has 2 heterocycles. The minimum absolute atomic E-state index is 0.695. The average molecular weight is 689 g/mol. The minimum atomic E-state index is 0.695. The molecule has 10 aromatic rings. The smallest absolute Gasteiger partial charge is 0.161 e. The Bertz CT molecular complexity index is 2910. The summed E-state index contributed by atoms with van der Waals surface area (Å²) >= 11 is 0. The van der Waals surface area contributed by atoms with Gasteiger partial charge in [0, 0.05) is 38.6 Å². The summed E-state index contributed by atoms with van der Waals surface area (Å²) in [5.41, 5.74) is 11.0. The van der Waals surface area contributed by atoms with E-state index >= 15 is 0 Å². The van der Waals surface area contributed by atoms with Gasteiger partial charge < -0.3 is 0 Å². The second-order valence-electron chi connectivity index (χ2n) is 13.4. The molecule has 0 aliphatic heterocycles. The molecular formula is C50H32N4. The fraction of sp³-hybridized carbons (Fsp3) is 0. The molecule has 4 heteroatoms. The maximum absolute atomic E-state index is 5.25. The summed E-state index contributed by atoms with van der Waals surface area (Å²) in [7, 11) is 0. The van der Waals surface area contributed by atoms with Crippen molar-refractivity contribution in [1.29, 1.82) is 0 Å². The summed E-state index contributed by atoms with van der Waals surface area (Å²) < 4.78 is 0. The average Bonchev–Trinajstić information content (AvgIpc) is 3.26. The zero-order chi connectivity index (χ0) is 35.8. The van der Waals surface area contributed by atoms with Gasteiger partial charge in [-0.2, -0.15) is 0 Å². The SMILES string of the molecule is c1ccc(-c2cc(-c3ccccc3)nc(-c3ccc(-c4ccc5ccc6c(-c7ccccc7)nc(-c7ccccc7)nc6c5c4)c4ccccc34)n2)cc1. The lowest BCUT2D eigenvalue weighted by Crippen LogP contribution is -1.97. The van der Waals surface area contributed by atoms with Crippen molar-refractivity contribution in [3.8, 4) is 67.7 Å². The van der Waals surface area contributed by atoms with Gasteiger partial charge in [0.25, 0.3) is 0 Å². The highest BCUT2D eigenvalue weighted by Crippen LogP contribution is 2.39. The highest BCUT2D eigenvalue weighted by Gasteiger charge is 2.17. The van der Waals surface area contributed by atoms with Crippen LogP contribution in [0.2, 0.25) is 0 Å². The van der Waals surface area contributed by atoms with Crippen LogP contribution in [-0.2, 0) is 0 Å². The summed E-state index contributed by atoms with van der Waals surface area (Å²) in [6, 6.07) is 67.4. The van der Waals surface area contributed by atoms with Crippen LogP contribution in [0, 0.1) is 0 Å². The number of hydrogen-bond acceptors (Lipinski definition) is 4. The second kappa shape index (κ2) is 13.4. The molecule has 4 nitrogen and oxygen atoms in total. The summed E-state index contributed by atoms with van der Waals surface area (Å²) in [5, 5.41) is 5.46. The van der Waals surface area contributed by atoms with Gasteiger partial charge in [-0.15, -0.1) is 0 Å². The molecule has 0 bridgehead atoms. The van der Waals surface area contributed by atoms with E-state index in [1.54, 1.807) is 0 Å². The van der Waals surface area contributed by atoms with Crippen LogP contribution >= 0.6 is 0 Å². The van der Waals surface area contributed by atoms with E-state index in [0.717, 1.165) is 88.5 Å². The molecule has 8 aromatic carbocycles. The molecule has 0 aliphatic rings. The molecule has 10 rings (SSSR count). The van der Waals surface area contributed by atoms with Crippen LogP contribution in [-0.4, -0.2) is 19.9 Å². The molecule has 0 amide bonds. The molecule has 0 radical (unpaired) electrons. The van der Waals surface area contributed by atoms with Crippen molar-refractivity contribution in [2.24, 2.45) is 0 Å². The lowest BCUT2D eigenvalue weighted by Gasteiger charge is -2.15. The van der Waals surface area contributed by atoms with Gasteiger partial charge in [-0.3, -0.25) is 0 Å². The number of hydrogen-bond donors (Lipinski definition) is 0. The summed E-state index contributed by atoms with van der Waals surface area (Å²) in [4.78, 5) is 20.7. The van der Waals surface area contributed by atoms with E-state index in [1.165, 1.54) is 0 Å². The quantitative estimate of drug-likeness (QED) is 0.163. The lowest BCUT2D eigenvalue weighted by molar-refractivity contribution is 1.19. The lowest BCUT2D eigenvalue weighted by atomic mass is 9.92. The van der Waals surface area contributed by atoms with Gasteiger partial charge >= 0.3 is 0 Å². The van der Waals surface area contributed by atoms with Gasteiger partial charge in [-0.25, -0.2) is 19.9 Å². The molecule has 0 aliphatic carbocycles. The van der Waals surface area contributed by atoms with Crippen molar-refractivity contribution >= 4 is 32.4 Å². The standard InChI is InChI=1S/C50H32N4/c1-5-15-34(16-6-1)45-32-46(35-17-7-2-8-18-35)52-50(51-45)42-30-29-39(40-23-13-14-24-41(40)42)38-26-25-33-27-28-43-47(36-19-9-3-10-20-36)53-49(37-21-11-4-12-22-37)54-48(43)44(33)31-38/h1-32H. The van der Waals surface area contributed by atoms with Crippen LogP contribution in [0.3, 0.4) is 0 Å².